The maximum Gasteiger partial charge on any atom is 0.257 e. The molecule has 1 amide bonds. The SMILES string of the molecule is CCc1c(C(=O)N2CCCC(C(C)O)C2)cnn1-c1ccccc1. The van der Waals surface area contributed by atoms with Crippen molar-refractivity contribution in [3.8, 4) is 5.69 Å². The molecule has 2 unspecified atom stereocenters. The van der Waals surface area contributed by atoms with Crippen molar-refractivity contribution >= 4 is 5.91 Å². The highest BCUT2D eigenvalue weighted by atomic mass is 16.3. The minimum absolute atomic E-state index is 0.0272. The molecule has 128 valence electrons. The molecule has 0 radical (unpaired) electrons. The summed E-state index contributed by atoms with van der Waals surface area (Å²) in [5.74, 6) is 0.191. The van der Waals surface area contributed by atoms with Gasteiger partial charge in [0.15, 0.2) is 0 Å². The highest BCUT2D eigenvalue weighted by Gasteiger charge is 2.29. The van der Waals surface area contributed by atoms with Crippen LogP contribution in [-0.4, -0.2) is 44.9 Å². The number of para-hydroxylation sites is 1. The first-order valence-electron chi connectivity index (χ1n) is 8.71. The second-order valence-corrected chi connectivity index (χ2v) is 6.50. The van der Waals surface area contributed by atoms with Gasteiger partial charge in [-0.3, -0.25) is 4.79 Å². The molecule has 3 rings (SSSR count). The van der Waals surface area contributed by atoms with Gasteiger partial charge in [0.2, 0.25) is 0 Å². The topological polar surface area (TPSA) is 58.4 Å². The van der Waals surface area contributed by atoms with E-state index in [1.807, 2.05) is 53.8 Å². The van der Waals surface area contributed by atoms with Crippen molar-refractivity contribution in [1.82, 2.24) is 14.7 Å². The maximum absolute atomic E-state index is 13.0. The Balaban J connectivity index is 1.87. The van der Waals surface area contributed by atoms with E-state index in [1.54, 1.807) is 6.20 Å². The summed E-state index contributed by atoms with van der Waals surface area (Å²) in [7, 11) is 0. The van der Waals surface area contributed by atoms with Gasteiger partial charge in [0.1, 0.15) is 0 Å². The van der Waals surface area contributed by atoms with Gasteiger partial charge in [-0.15, -0.1) is 0 Å². The number of carbonyl (C=O) groups excluding carboxylic acids is 1. The second kappa shape index (κ2) is 7.18. The monoisotopic (exact) mass is 327 g/mol. The smallest absolute Gasteiger partial charge is 0.257 e. The van der Waals surface area contributed by atoms with Crippen molar-refractivity contribution in [2.75, 3.05) is 13.1 Å². The summed E-state index contributed by atoms with van der Waals surface area (Å²) in [6, 6.07) is 9.88. The molecule has 2 heterocycles. The molecular weight excluding hydrogens is 302 g/mol. The molecule has 5 heteroatoms. The van der Waals surface area contributed by atoms with Crippen molar-refractivity contribution in [3.05, 3.63) is 47.8 Å². The Morgan fingerprint density at radius 3 is 2.79 bits per heavy atom. The lowest BCUT2D eigenvalue weighted by molar-refractivity contribution is 0.0465. The molecular formula is C19H25N3O2. The number of aliphatic hydroxyl groups is 1. The summed E-state index contributed by atoms with van der Waals surface area (Å²) in [6.07, 6.45) is 3.96. The number of piperidine rings is 1. The van der Waals surface area contributed by atoms with Crippen LogP contribution in [0.15, 0.2) is 36.5 Å². The first-order chi connectivity index (χ1) is 11.6. The van der Waals surface area contributed by atoms with E-state index in [1.165, 1.54) is 0 Å². The van der Waals surface area contributed by atoms with Gasteiger partial charge in [0.05, 0.1) is 29.2 Å². The summed E-state index contributed by atoms with van der Waals surface area (Å²) in [5.41, 5.74) is 2.58. The van der Waals surface area contributed by atoms with Crippen molar-refractivity contribution in [2.45, 2.75) is 39.2 Å². The molecule has 2 aromatic rings. The van der Waals surface area contributed by atoms with Gasteiger partial charge >= 0.3 is 0 Å². The van der Waals surface area contributed by atoms with Crippen LogP contribution >= 0.6 is 0 Å². The molecule has 1 aliphatic rings. The first-order valence-corrected chi connectivity index (χ1v) is 8.71. The highest BCUT2D eigenvalue weighted by molar-refractivity contribution is 5.95. The molecule has 2 atom stereocenters. The lowest BCUT2D eigenvalue weighted by atomic mass is 9.93. The Bertz CT molecular complexity index is 694. The van der Waals surface area contributed by atoms with E-state index in [2.05, 4.69) is 5.10 Å². The van der Waals surface area contributed by atoms with Crippen LogP contribution in [0.4, 0.5) is 0 Å². The molecule has 1 fully saturated rings. The van der Waals surface area contributed by atoms with Crippen LogP contribution in [0.5, 0.6) is 0 Å². The summed E-state index contributed by atoms with van der Waals surface area (Å²) >= 11 is 0. The van der Waals surface area contributed by atoms with Gasteiger partial charge in [-0.1, -0.05) is 25.1 Å². The lowest BCUT2D eigenvalue weighted by Gasteiger charge is -2.34. The molecule has 5 nitrogen and oxygen atoms in total. The van der Waals surface area contributed by atoms with E-state index in [4.69, 9.17) is 0 Å². The van der Waals surface area contributed by atoms with E-state index in [-0.39, 0.29) is 17.9 Å². The third-order valence-electron chi connectivity index (χ3n) is 4.86. The Morgan fingerprint density at radius 1 is 1.38 bits per heavy atom. The fourth-order valence-electron chi connectivity index (χ4n) is 3.44. The molecule has 0 aliphatic carbocycles. The van der Waals surface area contributed by atoms with Crippen molar-refractivity contribution in [1.29, 1.82) is 0 Å². The minimum atomic E-state index is -0.377. The van der Waals surface area contributed by atoms with Crippen LogP contribution in [-0.2, 0) is 6.42 Å². The number of likely N-dealkylation sites (tertiary alicyclic amines) is 1. The molecule has 24 heavy (non-hydrogen) atoms. The average molecular weight is 327 g/mol. The summed E-state index contributed by atoms with van der Waals surface area (Å²) < 4.78 is 1.85. The van der Waals surface area contributed by atoms with Gasteiger partial charge in [-0.2, -0.15) is 5.10 Å². The van der Waals surface area contributed by atoms with Crippen LogP contribution in [0.25, 0.3) is 5.69 Å². The van der Waals surface area contributed by atoms with E-state index in [0.717, 1.165) is 37.2 Å². The number of rotatable bonds is 4. The molecule has 1 aromatic carbocycles. The van der Waals surface area contributed by atoms with E-state index < -0.39 is 0 Å². The number of aliphatic hydroxyl groups excluding tert-OH is 1. The predicted molar refractivity (Wildman–Crippen MR) is 93.3 cm³/mol. The largest absolute Gasteiger partial charge is 0.393 e. The Kier molecular flexibility index (Phi) is 5.00. The molecule has 1 aliphatic heterocycles. The summed E-state index contributed by atoms with van der Waals surface area (Å²) in [4.78, 5) is 14.9. The normalized spacial score (nSPS) is 19.3. The molecule has 0 bridgehead atoms. The van der Waals surface area contributed by atoms with Crippen LogP contribution < -0.4 is 0 Å². The minimum Gasteiger partial charge on any atom is -0.393 e. The van der Waals surface area contributed by atoms with Crippen LogP contribution in [0.2, 0.25) is 0 Å². The quantitative estimate of drug-likeness (QED) is 0.939. The van der Waals surface area contributed by atoms with Crippen molar-refractivity contribution in [2.24, 2.45) is 5.92 Å². The van der Waals surface area contributed by atoms with Crippen LogP contribution in [0.3, 0.4) is 0 Å². The zero-order valence-corrected chi connectivity index (χ0v) is 14.4. The number of aromatic nitrogens is 2. The summed E-state index contributed by atoms with van der Waals surface area (Å²) in [5, 5.41) is 14.3. The number of carbonyl (C=O) groups is 1. The van der Waals surface area contributed by atoms with Crippen LogP contribution in [0.1, 0.15) is 42.7 Å². The zero-order valence-electron chi connectivity index (χ0n) is 14.4. The molecule has 1 N–H and O–H groups in total. The predicted octanol–water partition coefficient (Wildman–Crippen LogP) is 2.67. The fraction of sp³-hybridized carbons (Fsp3) is 0.474. The summed E-state index contributed by atoms with van der Waals surface area (Å²) in [6.45, 7) is 5.23. The highest BCUT2D eigenvalue weighted by Crippen LogP contribution is 2.23. The maximum atomic E-state index is 13.0. The molecule has 0 spiro atoms. The number of amides is 1. The number of hydrogen-bond acceptors (Lipinski definition) is 3. The Hall–Kier alpha value is -2.14. The fourth-order valence-corrected chi connectivity index (χ4v) is 3.44. The van der Waals surface area contributed by atoms with E-state index in [9.17, 15) is 9.90 Å². The Morgan fingerprint density at radius 2 is 2.12 bits per heavy atom. The molecule has 0 saturated carbocycles. The standard InChI is InChI=1S/C19H25N3O2/c1-3-18-17(12-20-22(18)16-9-5-4-6-10-16)19(24)21-11-7-8-15(13-21)14(2)23/h4-6,9-10,12,14-15,23H,3,7-8,11,13H2,1-2H3. The average Bonchev–Trinajstić information content (AvgIpc) is 3.05. The second-order valence-electron chi connectivity index (χ2n) is 6.50. The number of nitrogens with zero attached hydrogens (tertiary/aromatic N) is 3. The molecule has 1 saturated heterocycles. The van der Waals surface area contributed by atoms with E-state index >= 15 is 0 Å². The van der Waals surface area contributed by atoms with Crippen LogP contribution in [0, 0.1) is 5.92 Å². The van der Waals surface area contributed by atoms with Gasteiger partial charge in [-0.25, -0.2) is 4.68 Å². The van der Waals surface area contributed by atoms with Crippen molar-refractivity contribution in [3.63, 3.8) is 0 Å². The third kappa shape index (κ3) is 3.22. The van der Waals surface area contributed by atoms with Crippen molar-refractivity contribution < 1.29 is 9.90 Å². The first kappa shape index (κ1) is 16.7. The van der Waals surface area contributed by atoms with E-state index in [0.29, 0.717) is 12.1 Å². The lowest BCUT2D eigenvalue weighted by Crippen LogP contribution is -2.43. The van der Waals surface area contributed by atoms with Gasteiger partial charge in [0, 0.05) is 19.0 Å². The van der Waals surface area contributed by atoms with Gasteiger partial charge in [0.25, 0.3) is 5.91 Å². The zero-order chi connectivity index (χ0) is 17.1. The Labute approximate surface area is 142 Å². The number of benzene rings is 1. The molecule has 1 aromatic heterocycles. The number of hydrogen-bond donors (Lipinski definition) is 1. The van der Waals surface area contributed by atoms with Gasteiger partial charge in [-0.05, 0) is 38.3 Å². The van der Waals surface area contributed by atoms with Gasteiger partial charge < -0.3 is 10.0 Å². The third-order valence-corrected chi connectivity index (χ3v) is 4.86.